The van der Waals surface area contributed by atoms with Crippen LogP contribution in [0, 0.1) is 17.2 Å². The number of hydrogen-bond acceptors (Lipinski definition) is 4. The van der Waals surface area contributed by atoms with E-state index in [-0.39, 0.29) is 30.0 Å². The Balaban J connectivity index is 2.22. The fraction of sp³-hybridized carbons (Fsp3) is 0.444. The van der Waals surface area contributed by atoms with Crippen LogP contribution in [0.5, 0.6) is 0 Å². The number of nitrogens with one attached hydrogen (secondary N) is 3. The first-order valence-corrected chi connectivity index (χ1v) is 11.6. The monoisotopic (exact) mass is 485 g/mol. The zero-order valence-corrected chi connectivity index (χ0v) is 21.2. The van der Waals surface area contributed by atoms with Crippen LogP contribution >= 0.6 is 0 Å². The lowest BCUT2D eigenvalue weighted by Crippen LogP contribution is -2.47. The number of hydrogen-bond donors (Lipinski definition) is 3. The molecular formula is C27H36FN3O4. The number of methoxy groups -OCH3 is 1. The number of amides is 3. The van der Waals surface area contributed by atoms with Crippen molar-refractivity contribution in [2.24, 2.45) is 11.3 Å². The third-order valence-corrected chi connectivity index (χ3v) is 5.50. The van der Waals surface area contributed by atoms with Crippen LogP contribution in [0.25, 0.3) is 0 Å². The molecular weight excluding hydrogens is 449 g/mol. The highest BCUT2D eigenvalue weighted by Crippen LogP contribution is 2.24. The molecule has 1 aliphatic heterocycles. The van der Waals surface area contributed by atoms with Gasteiger partial charge in [-0.3, -0.25) is 14.4 Å². The molecule has 35 heavy (non-hydrogen) atoms. The van der Waals surface area contributed by atoms with Crippen molar-refractivity contribution in [2.45, 2.75) is 46.6 Å². The third-order valence-electron chi connectivity index (χ3n) is 5.50. The number of allylic oxidation sites excluding steroid dienone is 1. The molecule has 0 bridgehead atoms. The van der Waals surface area contributed by atoms with Crippen molar-refractivity contribution in [1.82, 2.24) is 10.6 Å². The van der Waals surface area contributed by atoms with Crippen molar-refractivity contribution in [2.75, 3.05) is 25.6 Å². The average Bonchev–Trinajstić information content (AvgIpc) is 3.22. The highest BCUT2D eigenvalue weighted by atomic mass is 19.1. The number of ether oxygens (including phenoxy) is 1. The lowest BCUT2D eigenvalue weighted by Gasteiger charge is -2.21. The summed E-state index contributed by atoms with van der Waals surface area (Å²) in [4.78, 5) is 37.4. The van der Waals surface area contributed by atoms with Gasteiger partial charge in [-0.05, 0) is 47.6 Å². The molecule has 0 spiro atoms. The largest absolute Gasteiger partial charge is 0.380 e. The summed E-state index contributed by atoms with van der Waals surface area (Å²) >= 11 is 0. The maximum absolute atomic E-state index is 14.7. The fourth-order valence-corrected chi connectivity index (χ4v) is 3.64. The zero-order chi connectivity index (χ0) is 26.2. The lowest BCUT2D eigenvalue weighted by molar-refractivity contribution is -0.129. The van der Waals surface area contributed by atoms with Gasteiger partial charge in [-0.2, -0.15) is 0 Å². The number of carbonyl (C=O) groups is 3. The van der Waals surface area contributed by atoms with Gasteiger partial charge in [-0.15, -0.1) is 0 Å². The van der Waals surface area contributed by atoms with Crippen LogP contribution in [0.4, 0.5) is 10.1 Å². The maximum atomic E-state index is 14.7. The second-order valence-electron chi connectivity index (χ2n) is 9.88. The van der Waals surface area contributed by atoms with Gasteiger partial charge in [0, 0.05) is 25.8 Å². The molecule has 1 aliphatic rings. The van der Waals surface area contributed by atoms with E-state index < -0.39 is 29.6 Å². The van der Waals surface area contributed by atoms with Crippen molar-refractivity contribution in [1.29, 1.82) is 0 Å². The maximum Gasteiger partial charge on any atom is 0.251 e. The van der Waals surface area contributed by atoms with Crippen molar-refractivity contribution >= 4 is 23.4 Å². The van der Waals surface area contributed by atoms with Crippen LogP contribution in [-0.4, -0.2) is 44.0 Å². The number of halogens is 1. The van der Waals surface area contributed by atoms with Crippen LogP contribution in [0.1, 0.15) is 39.7 Å². The molecule has 0 saturated carbocycles. The topological polar surface area (TPSA) is 96.5 Å². The van der Waals surface area contributed by atoms with E-state index in [0.717, 1.165) is 5.57 Å². The first-order valence-electron chi connectivity index (χ1n) is 11.6. The second kappa shape index (κ2) is 12.4. The Kier molecular flexibility index (Phi) is 9.95. The molecule has 190 valence electrons. The Bertz CT molecular complexity index is 1020. The molecule has 7 nitrogen and oxygen atoms in total. The van der Waals surface area contributed by atoms with E-state index in [1.165, 1.54) is 6.07 Å². The van der Waals surface area contributed by atoms with Gasteiger partial charge in [0.15, 0.2) is 0 Å². The third kappa shape index (κ3) is 8.79. The molecule has 2 atom stereocenters. The Morgan fingerprint density at radius 3 is 2.57 bits per heavy atom. The fourth-order valence-electron chi connectivity index (χ4n) is 3.64. The van der Waals surface area contributed by atoms with Crippen LogP contribution in [-0.2, 0) is 25.5 Å². The number of rotatable bonds is 10. The molecule has 0 aromatic heterocycles. The van der Waals surface area contributed by atoms with Crippen LogP contribution < -0.4 is 16.0 Å². The average molecular weight is 486 g/mol. The number of carbonyl (C=O) groups excluding carboxylic acids is 3. The van der Waals surface area contributed by atoms with E-state index in [9.17, 15) is 18.8 Å². The Hall–Kier alpha value is -3.26. The normalized spacial score (nSPS) is 17.3. The van der Waals surface area contributed by atoms with Gasteiger partial charge in [0.2, 0.25) is 11.8 Å². The van der Waals surface area contributed by atoms with E-state index in [0.29, 0.717) is 24.2 Å². The molecule has 2 rings (SSSR count). The van der Waals surface area contributed by atoms with E-state index in [2.05, 4.69) is 22.5 Å². The first-order chi connectivity index (χ1) is 16.4. The van der Waals surface area contributed by atoms with Gasteiger partial charge < -0.3 is 20.7 Å². The molecule has 0 radical (unpaired) electrons. The first kappa shape index (κ1) is 28.0. The van der Waals surface area contributed by atoms with E-state index in [4.69, 9.17) is 4.74 Å². The van der Waals surface area contributed by atoms with E-state index in [1.54, 1.807) is 31.4 Å². The van der Waals surface area contributed by atoms with Gasteiger partial charge >= 0.3 is 0 Å². The Morgan fingerprint density at radius 1 is 1.31 bits per heavy atom. The van der Waals surface area contributed by atoms with Crippen LogP contribution in [0.15, 0.2) is 54.2 Å². The molecule has 1 aromatic rings. The Morgan fingerprint density at radius 2 is 2.03 bits per heavy atom. The molecule has 1 fully saturated rings. The zero-order valence-electron chi connectivity index (χ0n) is 21.2. The SMILES string of the molecule is C=C(/C=C\C(=C/C)COC)[C@@H](NC(=O)[C@@H]1CNC(=O)C1)C(=O)Nc1ccc(CC(C)(C)C)c(F)c1. The highest BCUT2D eigenvalue weighted by molar-refractivity contribution is 6.00. The van der Waals surface area contributed by atoms with Crippen molar-refractivity contribution < 1.29 is 23.5 Å². The summed E-state index contributed by atoms with van der Waals surface area (Å²) in [5, 5.41) is 7.98. The van der Waals surface area contributed by atoms with Gasteiger partial charge in [0.1, 0.15) is 11.9 Å². The van der Waals surface area contributed by atoms with Gasteiger partial charge in [0.05, 0.1) is 12.5 Å². The predicted octanol–water partition coefficient (Wildman–Crippen LogP) is 3.68. The summed E-state index contributed by atoms with van der Waals surface area (Å²) < 4.78 is 19.8. The second-order valence-corrected chi connectivity index (χ2v) is 9.88. The Labute approximate surface area is 206 Å². The minimum Gasteiger partial charge on any atom is -0.380 e. The molecule has 0 aliphatic carbocycles. The predicted molar refractivity (Wildman–Crippen MR) is 135 cm³/mol. The summed E-state index contributed by atoms with van der Waals surface area (Å²) in [6.07, 6.45) is 5.85. The molecule has 3 N–H and O–H groups in total. The number of anilines is 1. The highest BCUT2D eigenvalue weighted by Gasteiger charge is 2.31. The van der Waals surface area contributed by atoms with Crippen LogP contribution in [0.2, 0.25) is 0 Å². The minimum absolute atomic E-state index is 0.0551. The van der Waals surface area contributed by atoms with Crippen molar-refractivity contribution in [3.05, 3.63) is 65.5 Å². The standard InChI is InChI=1S/C27H36FN3O4/c1-7-18(16-35-6)9-8-17(2)24(31-25(33)20-12-23(32)29-15-20)26(34)30-21-11-10-19(22(28)13-21)14-27(3,4)5/h7-11,13,20,24H,2,12,14-16H2,1,3-6H3,(H,29,32)(H,30,34)(H,31,33)/b9-8-,18-7+/t20-,24+/m0/s1. The molecule has 3 amide bonds. The summed E-state index contributed by atoms with van der Waals surface area (Å²) in [7, 11) is 1.57. The van der Waals surface area contributed by atoms with Gasteiger partial charge in [-0.1, -0.05) is 51.6 Å². The molecule has 1 heterocycles. The van der Waals surface area contributed by atoms with Crippen molar-refractivity contribution in [3.8, 4) is 0 Å². The molecule has 8 heteroatoms. The molecule has 1 saturated heterocycles. The van der Waals surface area contributed by atoms with E-state index in [1.807, 2.05) is 33.8 Å². The van der Waals surface area contributed by atoms with Crippen molar-refractivity contribution in [3.63, 3.8) is 0 Å². The summed E-state index contributed by atoms with van der Waals surface area (Å²) in [5.74, 6) is -2.21. The summed E-state index contributed by atoms with van der Waals surface area (Å²) in [6.45, 7) is 12.5. The lowest BCUT2D eigenvalue weighted by atomic mass is 9.88. The van der Waals surface area contributed by atoms with Gasteiger partial charge in [-0.25, -0.2) is 4.39 Å². The van der Waals surface area contributed by atoms with E-state index >= 15 is 0 Å². The quantitative estimate of drug-likeness (QED) is 0.441. The summed E-state index contributed by atoms with van der Waals surface area (Å²) in [6, 6.07) is 3.44. The van der Waals surface area contributed by atoms with Gasteiger partial charge in [0.25, 0.3) is 5.91 Å². The minimum atomic E-state index is -1.12. The molecule has 0 unspecified atom stereocenters. The summed E-state index contributed by atoms with van der Waals surface area (Å²) in [5.41, 5.74) is 1.93. The number of benzene rings is 1. The molecule has 1 aromatic carbocycles. The van der Waals surface area contributed by atoms with Crippen LogP contribution in [0.3, 0.4) is 0 Å². The smallest absolute Gasteiger partial charge is 0.251 e.